The molecule has 3 nitrogen and oxygen atoms in total. The number of nitrogens with zero attached hydrogens (tertiary/aromatic N) is 1. The summed E-state index contributed by atoms with van der Waals surface area (Å²) in [4.78, 5) is 16.2. The highest BCUT2D eigenvalue weighted by Crippen LogP contribution is 2.27. The van der Waals surface area contributed by atoms with Gasteiger partial charge in [0.2, 0.25) is 5.91 Å². The third kappa shape index (κ3) is 3.85. The molecule has 94 valence electrons. The van der Waals surface area contributed by atoms with Crippen molar-refractivity contribution >= 4 is 29.0 Å². The van der Waals surface area contributed by atoms with Crippen LogP contribution in [0.4, 0.5) is 0 Å². The van der Waals surface area contributed by atoms with Crippen LogP contribution >= 0.6 is 23.1 Å². The first-order valence-corrected chi connectivity index (χ1v) is 7.59. The number of thiazole rings is 1. The lowest BCUT2D eigenvalue weighted by Crippen LogP contribution is -2.10. The summed E-state index contributed by atoms with van der Waals surface area (Å²) in [5.41, 5.74) is 6.24. The summed E-state index contributed by atoms with van der Waals surface area (Å²) in [6, 6.07) is 10.1. The van der Waals surface area contributed by atoms with Gasteiger partial charge in [-0.1, -0.05) is 30.3 Å². The molecule has 0 aliphatic heterocycles. The van der Waals surface area contributed by atoms with E-state index >= 15 is 0 Å². The van der Waals surface area contributed by atoms with Gasteiger partial charge in [-0.05, 0) is 0 Å². The molecular formula is C13H14N2OS2. The Labute approximate surface area is 114 Å². The molecule has 1 aromatic carbocycles. The predicted molar refractivity (Wildman–Crippen MR) is 77.5 cm³/mol. The van der Waals surface area contributed by atoms with Crippen LogP contribution in [0.3, 0.4) is 0 Å². The number of amides is 1. The Hall–Kier alpha value is -1.33. The van der Waals surface area contributed by atoms with Gasteiger partial charge in [-0.2, -0.15) is 11.8 Å². The van der Waals surface area contributed by atoms with Crippen molar-refractivity contribution in [1.29, 1.82) is 0 Å². The molecule has 2 aromatic rings. The summed E-state index contributed by atoms with van der Waals surface area (Å²) >= 11 is 3.41. The number of thioether (sulfide) groups is 1. The van der Waals surface area contributed by atoms with E-state index in [-0.39, 0.29) is 5.91 Å². The predicted octanol–water partition coefficient (Wildman–Crippen LogP) is 2.92. The van der Waals surface area contributed by atoms with Gasteiger partial charge in [-0.3, -0.25) is 4.79 Å². The zero-order valence-electron chi connectivity index (χ0n) is 9.83. The lowest BCUT2D eigenvalue weighted by atomic mass is 10.2. The molecular weight excluding hydrogens is 264 g/mol. The molecule has 0 aliphatic rings. The van der Waals surface area contributed by atoms with E-state index in [0.29, 0.717) is 6.42 Å². The summed E-state index contributed by atoms with van der Waals surface area (Å²) in [5.74, 6) is 1.42. The highest BCUT2D eigenvalue weighted by Gasteiger charge is 2.04. The summed E-state index contributed by atoms with van der Waals surface area (Å²) in [7, 11) is 0. The van der Waals surface area contributed by atoms with E-state index in [1.165, 1.54) is 4.88 Å². The van der Waals surface area contributed by atoms with Crippen molar-refractivity contribution < 1.29 is 4.79 Å². The van der Waals surface area contributed by atoms with Crippen molar-refractivity contribution in [1.82, 2.24) is 4.98 Å². The number of rotatable bonds is 6. The van der Waals surface area contributed by atoms with Gasteiger partial charge in [-0.15, -0.1) is 11.3 Å². The molecule has 0 bridgehead atoms. The zero-order valence-corrected chi connectivity index (χ0v) is 11.5. The average Bonchev–Trinajstić information content (AvgIpc) is 2.84. The van der Waals surface area contributed by atoms with Crippen LogP contribution in [0.25, 0.3) is 10.6 Å². The van der Waals surface area contributed by atoms with Crippen molar-refractivity contribution in [2.24, 2.45) is 5.73 Å². The SMILES string of the molecule is NC(=O)CCSCc1cnc(-c2ccccc2)s1. The first-order chi connectivity index (χ1) is 8.75. The van der Waals surface area contributed by atoms with Crippen LogP contribution in [-0.2, 0) is 10.5 Å². The fourth-order valence-corrected chi connectivity index (χ4v) is 3.40. The van der Waals surface area contributed by atoms with Crippen LogP contribution in [0.2, 0.25) is 0 Å². The Morgan fingerprint density at radius 3 is 2.83 bits per heavy atom. The Morgan fingerprint density at radius 2 is 2.11 bits per heavy atom. The number of nitrogens with two attached hydrogens (primary N) is 1. The minimum Gasteiger partial charge on any atom is -0.370 e. The Morgan fingerprint density at radius 1 is 1.33 bits per heavy atom. The third-order valence-electron chi connectivity index (χ3n) is 2.31. The lowest BCUT2D eigenvalue weighted by molar-refractivity contribution is -0.117. The molecule has 1 heterocycles. The molecule has 1 aromatic heterocycles. The highest BCUT2D eigenvalue weighted by atomic mass is 32.2. The average molecular weight is 278 g/mol. The second-order valence-corrected chi connectivity index (χ2v) is 5.99. The standard InChI is InChI=1S/C13H14N2OS2/c14-12(16)6-7-17-9-11-8-15-13(18-11)10-4-2-1-3-5-10/h1-5,8H,6-7,9H2,(H2,14,16). The Kier molecular flexibility index (Phi) is 4.78. The van der Waals surface area contributed by atoms with E-state index in [1.54, 1.807) is 23.1 Å². The van der Waals surface area contributed by atoms with Crippen LogP contribution in [0.1, 0.15) is 11.3 Å². The van der Waals surface area contributed by atoms with Crippen molar-refractivity contribution in [3.63, 3.8) is 0 Å². The van der Waals surface area contributed by atoms with Gasteiger partial charge in [0.1, 0.15) is 5.01 Å². The topological polar surface area (TPSA) is 56.0 Å². The number of carbonyl (C=O) groups is 1. The summed E-state index contributed by atoms with van der Waals surface area (Å²) in [6.07, 6.45) is 2.35. The van der Waals surface area contributed by atoms with Crippen LogP contribution in [0.15, 0.2) is 36.5 Å². The van der Waals surface area contributed by atoms with E-state index < -0.39 is 0 Å². The number of aromatic nitrogens is 1. The van der Waals surface area contributed by atoms with Gasteiger partial charge < -0.3 is 5.73 Å². The highest BCUT2D eigenvalue weighted by molar-refractivity contribution is 7.98. The number of primary amides is 1. The van der Waals surface area contributed by atoms with Crippen molar-refractivity contribution in [2.45, 2.75) is 12.2 Å². The largest absolute Gasteiger partial charge is 0.370 e. The lowest BCUT2D eigenvalue weighted by Gasteiger charge is -1.96. The van der Waals surface area contributed by atoms with E-state index in [2.05, 4.69) is 17.1 Å². The fraction of sp³-hybridized carbons (Fsp3) is 0.231. The van der Waals surface area contributed by atoms with Gasteiger partial charge >= 0.3 is 0 Å². The molecule has 0 saturated carbocycles. The van der Waals surface area contributed by atoms with Crippen LogP contribution < -0.4 is 5.73 Å². The second kappa shape index (κ2) is 6.56. The van der Waals surface area contributed by atoms with Crippen molar-refractivity contribution in [3.05, 3.63) is 41.4 Å². The molecule has 0 spiro atoms. The monoisotopic (exact) mass is 278 g/mol. The molecule has 2 N–H and O–H groups in total. The minimum absolute atomic E-state index is 0.239. The molecule has 0 fully saturated rings. The van der Waals surface area contributed by atoms with Gasteiger partial charge in [0.25, 0.3) is 0 Å². The maximum absolute atomic E-state index is 10.6. The number of hydrogen-bond acceptors (Lipinski definition) is 4. The first-order valence-electron chi connectivity index (χ1n) is 5.62. The molecule has 18 heavy (non-hydrogen) atoms. The van der Waals surface area contributed by atoms with Gasteiger partial charge in [-0.25, -0.2) is 4.98 Å². The molecule has 0 saturated heterocycles. The van der Waals surface area contributed by atoms with E-state index in [4.69, 9.17) is 5.73 Å². The minimum atomic E-state index is -0.239. The smallest absolute Gasteiger partial charge is 0.218 e. The summed E-state index contributed by atoms with van der Waals surface area (Å²) in [6.45, 7) is 0. The summed E-state index contributed by atoms with van der Waals surface area (Å²) < 4.78 is 0. The van der Waals surface area contributed by atoms with Crippen molar-refractivity contribution in [2.75, 3.05) is 5.75 Å². The normalized spacial score (nSPS) is 10.4. The maximum atomic E-state index is 10.6. The molecule has 1 amide bonds. The van der Waals surface area contributed by atoms with Crippen LogP contribution in [0, 0.1) is 0 Å². The molecule has 0 atom stereocenters. The van der Waals surface area contributed by atoms with E-state index in [0.717, 1.165) is 22.1 Å². The van der Waals surface area contributed by atoms with Crippen LogP contribution in [0.5, 0.6) is 0 Å². The van der Waals surface area contributed by atoms with Gasteiger partial charge in [0.05, 0.1) is 0 Å². The quantitative estimate of drug-likeness (QED) is 0.827. The number of hydrogen-bond donors (Lipinski definition) is 1. The molecule has 5 heteroatoms. The van der Waals surface area contributed by atoms with Gasteiger partial charge in [0.15, 0.2) is 0 Å². The molecule has 2 rings (SSSR count). The Balaban J connectivity index is 1.89. The summed E-state index contributed by atoms with van der Waals surface area (Å²) in [5, 5.41) is 1.04. The van der Waals surface area contributed by atoms with E-state index in [1.807, 2.05) is 24.4 Å². The van der Waals surface area contributed by atoms with E-state index in [9.17, 15) is 4.79 Å². The maximum Gasteiger partial charge on any atom is 0.218 e. The van der Waals surface area contributed by atoms with Crippen molar-refractivity contribution in [3.8, 4) is 10.6 Å². The molecule has 0 unspecified atom stereocenters. The first kappa shape index (κ1) is 13.1. The van der Waals surface area contributed by atoms with Crippen LogP contribution in [-0.4, -0.2) is 16.6 Å². The third-order valence-corrected chi connectivity index (χ3v) is 4.55. The second-order valence-electron chi connectivity index (χ2n) is 3.77. The molecule has 0 radical (unpaired) electrons. The number of benzene rings is 1. The fourth-order valence-electron chi connectivity index (χ4n) is 1.43. The zero-order chi connectivity index (χ0) is 12.8. The molecule has 0 aliphatic carbocycles. The van der Waals surface area contributed by atoms with Gasteiger partial charge in [0, 0.05) is 34.6 Å². The number of carbonyl (C=O) groups excluding carboxylic acids is 1. The Bertz CT molecular complexity index is 511.